The summed E-state index contributed by atoms with van der Waals surface area (Å²) >= 11 is 0. The Hall–Kier alpha value is -2.34. The molecule has 0 fully saturated rings. The number of aliphatic hydroxyl groups is 1. The molecule has 0 radical (unpaired) electrons. The monoisotopic (exact) mass is 288 g/mol. The highest BCUT2D eigenvalue weighted by Crippen LogP contribution is 2.13. The van der Waals surface area contributed by atoms with E-state index in [0.717, 1.165) is 11.1 Å². The fraction of sp³-hybridized carbons (Fsp3) is 0.333. The van der Waals surface area contributed by atoms with Crippen molar-refractivity contribution < 1.29 is 9.90 Å². The van der Waals surface area contributed by atoms with Gasteiger partial charge in [0.1, 0.15) is 0 Å². The number of aliphatic hydroxyl groups excluding tert-OH is 1. The number of nitrogens with one attached hydrogen (secondary N) is 2. The van der Waals surface area contributed by atoms with Gasteiger partial charge in [0.05, 0.1) is 24.9 Å². The molecule has 2 aromatic rings. The average Bonchev–Trinajstić information content (AvgIpc) is 2.92. The van der Waals surface area contributed by atoms with Crippen LogP contribution in [0.5, 0.6) is 0 Å². The van der Waals surface area contributed by atoms with Crippen molar-refractivity contribution >= 4 is 6.03 Å². The van der Waals surface area contributed by atoms with Crippen molar-refractivity contribution in [3.05, 3.63) is 53.9 Å². The predicted molar refractivity (Wildman–Crippen MR) is 79.6 cm³/mol. The van der Waals surface area contributed by atoms with Gasteiger partial charge in [0.15, 0.2) is 0 Å². The zero-order valence-corrected chi connectivity index (χ0v) is 12.2. The molecule has 0 aliphatic carbocycles. The Kier molecular flexibility index (Phi) is 4.94. The van der Waals surface area contributed by atoms with Crippen molar-refractivity contribution in [3.63, 3.8) is 0 Å². The highest BCUT2D eigenvalue weighted by molar-refractivity contribution is 5.75. The maximum absolute atomic E-state index is 12.0. The topological polar surface area (TPSA) is 79.2 Å². The minimum absolute atomic E-state index is 0.154. The third-order valence-corrected chi connectivity index (χ3v) is 3.26. The number of carbonyl (C=O) groups is 1. The summed E-state index contributed by atoms with van der Waals surface area (Å²) in [5.41, 5.74) is 1.79. The molecular formula is C15H20N4O2. The number of benzene rings is 1. The van der Waals surface area contributed by atoms with Gasteiger partial charge >= 0.3 is 6.03 Å². The van der Waals surface area contributed by atoms with E-state index in [0.29, 0.717) is 0 Å². The molecule has 1 aromatic carbocycles. The van der Waals surface area contributed by atoms with Crippen molar-refractivity contribution in [2.45, 2.75) is 19.0 Å². The summed E-state index contributed by atoms with van der Waals surface area (Å²) in [6.45, 7) is 1.73. The van der Waals surface area contributed by atoms with Crippen molar-refractivity contribution in [3.8, 4) is 0 Å². The molecule has 112 valence electrons. The van der Waals surface area contributed by atoms with E-state index in [-0.39, 0.29) is 18.7 Å². The number of hydrogen-bond donors (Lipinski definition) is 3. The van der Waals surface area contributed by atoms with Crippen LogP contribution in [0.25, 0.3) is 0 Å². The highest BCUT2D eigenvalue weighted by atomic mass is 16.3. The van der Waals surface area contributed by atoms with E-state index in [2.05, 4.69) is 15.7 Å². The molecule has 0 bridgehead atoms. The molecule has 2 unspecified atom stereocenters. The zero-order valence-electron chi connectivity index (χ0n) is 12.2. The quantitative estimate of drug-likeness (QED) is 0.780. The van der Waals surface area contributed by atoms with Gasteiger partial charge in [-0.2, -0.15) is 5.10 Å². The number of urea groups is 1. The van der Waals surface area contributed by atoms with Gasteiger partial charge < -0.3 is 15.7 Å². The molecule has 1 heterocycles. The van der Waals surface area contributed by atoms with E-state index in [1.165, 1.54) is 0 Å². The van der Waals surface area contributed by atoms with Crippen molar-refractivity contribution in [1.29, 1.82) is 0 Å². The molecule has 3 N–H and O–H groups in total. The molecule has 2 amide bonds. The Labute approximate surface area is 123 Å². The lowest BCUT2D eigenvalue weighted by Gasteiger charge is -2.19. The Balaban J connectivity index is 1.94. The van der Waals surface area contributed by atoms with Crippen LogP contribution in [0.3, 0.4) is 0 Å². The first-order valence-corrected chi connectivity index (χ1v) is 6.81. The van der Waals surface area contributed by atoms with E-state index in [4.69, 9.17) is 0 Å². The van der Waals surface area contributed by atoms with Crippen LogP contribution in [0, 0.1) is 0 Å². The Morgan fingerprint density at radius 2 is 2.00 bits per heavy atom. The van der Waals surface area contributed by atoms with Crippen LogP contribution in [0.2, 0.25) is 0 Å². The molecule has 6 heteroatoms. The van der Waals surface area contributed by atoms with Crippen molar-refractivity contribution in [2.24, 2.45) is 7.05 Å². The Bertz CT molecular complexity index is 582. The lowest BCUT2D eigenvalue weighted by atomic mass is 10.1. The van der Waals surface area contributed by atoms with Crippen LogP contribution >= 0.6 is 0 Å². The number of rotatable bonds is 5. The van der Waals surface area contributed by atoms with E-state index < -0.39 is 6.04 Å². The molecule has 0 saturated heterocycles. The third-order valence-electron chi connectivity index (χ3n) is 3.26. The van der Waals surface area contributed by atoms with Crippen LogP contribution in [-0.2, 0) is 7.05 Å². The Morgan fingerprint density at radius 3 is 2.57 bits per heavy atom. The molecule has 1 aromatic heterocycles. The second kappa shape index (κ2) is 6.90. The van der Waals surface area contributed by atoms with Crippen LogP contribution in [0.1, 0.15) is 30.1 Å². The number of nitrogens with zero attached hydrogens (tertiary/aromatic N) is 2. The van der Waals surface area contributed by atoms with Gasteiger partial charge in [-0.3, -0.25) is 4.68 Å². The summed E-state index contributed by atoms with van der Waals surface area (Å²) in [7, 11) is 1.83. The minimum Gasteiger partial charge on any atom is -0.394 e. The van der Waals surface area contributed by atoms with Gasteiger partial charge in [-0.15, -0.1) is 0 Å². The fourth-order valence-corrected chi connectivity index (χ4v) is 2.06. The first-order chi connectivity index (χ1) is 10.1. The van der Waals surface area contributed by atoms with E-state index in [9.17, 15) is 9.90 Å². The summed E-state index contributed by atoms with van der Waals surface area (Å²) in [5, 5.41) is 19.1. The summed E-state index contributed by atoms with van der Waals surface area (Å²) in [6, 6.07) is 8.46. The molecule has 21 heavy (non-hydrogen) atoms. The van der Waals surface area contributed by atoms with Crippen LogP contribution in [0.4, 0.5) is 4.79 Å². The first kappa shape index (κ1) is 15.1. The van der Waals surface area contributed by atoms with Gasteiger partial charge in [-0.1, -0.05) is 30.3 Å². The second-order valence-electron chi connectivity index (χ2n) is 4.93. The minimum atomic E-state index is -0.424. The molecule has 0 saturated carbocycles. The number of aromatic nitrogens is 2. The van der Waals surface area contributed by atoms with Gasteiger partial charge in [-0.25, -0.2) is 4.79 Å². The third kappa shape index (κ3) is 4.06. The lowest BCUT2D eigenvalue weighted by Crippen LogP contribution is -2.40. The molecular weight excluding hydrogens is 268 g/mol. The van der Waals surface area contributed by atoms with Crippen molar-refractivity contribution in [1.82, 2.24) is 20.4 Å². The van der Waals surface area contributed by atoms with E-state index in [1.807, 2.05) is 50.5 Å². The zero-order chi connectivity index (χ0) is 15.2. The number of hydrogen-bond acceptors (Lipinski definition) is 3. The average molecular weight is 288 g/mol. The van der Waals surface area contributed by atoms with E-state index in [1.54, 1.807) is 10.9 Å². The maximum Gasteiger partial charge on any atom is 0.315 e. The lowest BCUT2D eigenvalue weighted by molar-refractivity contribution is 0.214. The van der Waals surface area contributed by atoms with Gasteiger partial charge in [0.25, 0.3) is 0 Å². The number of aryl methyl sites for hydroxylation is 1. The van der Waals surface area contributed by atoms with Crippen molar-refractivity contribution in [2.75, 3.05) is 6.61 Å². The normalized spacial score (nSPS) is 13.5. The Morgan fingerprint density at radius 1 is 1.29 bits per heavy atom. The van der Waals surface area contributed by atoms with Gasteiger partial charge in [0.2, 0.25) is 0 Å². The smallest absolute Gasteiger partial charge is 0.315 e. The summed E-state index contributed by atoms with van der Waals surface area (Å²) < 4.78 is 1.69. The van der Waals surface area contributed by atoms with Gasteiger partial charge in [-0.05, 0) is 12.5 Å². The van der Waals surface area contributed by atoms with Crippen LogP contribution in [-0.4, -0.2) is 27.5 Å². The molecule has 6 nitrogen and oxygen atoms in total. The standard InChI is InChI=1S/C15H20N4O2/c1-11(13-8-16-19(2)9-13)17-15(21)18-14(10-20)12-6-4-3-5-7-12/h3-9,11,14,20H,10H2,1-2H3,(H2,17,18,21). The highest BCUT2D eigenvalue weighted by Gasteiger charge is 2.16. The summed E-state index contributed by atoms with van der Waals surface area (Å²) in [5.74, 6) is 0. The fourth-order valence-electron chi connectivity index (χ4n) is 2.06. The molecule has 0 aliphatic heterocycles. The van der Waals surface area contributed by atoms with Gasteiger partial charge in [0, 0.05) is 18.8 Å². The molecule has 2 rings (SSSR count). The first-order valence-electron chi connectivity index (χ1n) is 6.81. The molecule has 2 atom stereocenters. The number of amides is 2. The van der Waals surface area contributed by atoms with Crippen LogP contribution < -0.4 is 10.6 Å². The second-order valence-corrected chi connectivity index (χ2v) is 4.93. The summed E-state index contributed by atoms with van der Waals surface area (Å²) in [6.07, 6.45) is 3.57. The number of carbonyl (C=O) groups excluding carboxylic acids is 1. The predicted octanol–water partition coefficient (Wildman–Crippen LogP) is 1.51. The SMILES string of the molecule is CC(NC(=O)NC(CO)c1ccccc1)c1cnn(C)c1. The van der Waals surface area contributed by atoms with Crippen LogP contribution in [0.15, 0.2) is 42.7 Å². The summed E-state index contributed by atoms with van der Waals surface area (Å²) in [4.78, 5) is 12.0. The largest absolute Gasteiger partial charge is 0.394 e. The van der Waals surface area contributed by atoms with E-state index >= 15 is 0 Å². The molecule has 0 aliphatic rings. The maximum atomic E-state index is 12.0. The molecule has 0 spiro atoms.